The van der Waals surface area contributed by atoms with E-state index in [0.717, 1.165) is 11.8 Å². The van der Waals surface area contributed by atoms with Crippen LogP contribution in [-0.2, 0) is 11.2 Å². The molecule has 0 spiro atoms. The molecule has 2 rings (SSSR count). The van der Waals surface area contributed by atoms with E-state index in [1.165, 1.54) is 10.8 Å². The fourth-order valence-electron chi connectivity index (χ4n) is 1.56. The molecule has 0 aromatic heterocycles. The Kier molecular flexibility index (Phi) is 4.55. The molecule has 1 nitrogen and oxygen atoms in total. The SMILES string of the molecule is CC.O=CCc1cccc2ccccc12. The van der Waals surface area contributed by atoms with E-state index in [1.54, 1.807) is 0 Å². The average molecular weight is 200 g/mol. The average Bonchev–Trinajstić information content (AvgIpc) is 2.33. The van der Waals surface area contributed by atoms with Gasteiger partial charge in [-0.2, -0.15) is 0 Å². The van der Waals surface area contributed by atoms with Crippen molar-refractivity contribution in [2.75, 3.05) is 0 Å². The van der Waals surface area contributed by atoms with E-state index >= 15 is 0 Å². The second-order valence-corrected chi connectivity index (χ2v) is 3.01. The first-order valence-corrected chi connectivity index (χ1v) is 5.32. The lowest BCUT2D eigenvalue weighted by Crippen LogP contribution is -1.86. The summed E-state index contributed by atoms with van der Waals surface area (Å²) in [6.45, 7) is 4.00. The smallest absolute Gasteiger partial charge is 0.124 e. The summed E-state index contributed by atoms with van der Waals surface area (Å²) in [5, 5.41) is 2.37. The highest BCUT2D eigenvalue weighted by Gasteiger charge is 1.97. The minimum atomic E-state index is 0.501. The molecule has 78 valence electrons. The summed E-state index contributed by atoms with van der Waals surface area (Å²) >= 11 is 0. The molecule has 0 saturated carbocycles. The minimum absolute atomic E-state index is 0.501. The number of rotatable bonds is 2. The van der Waals surface area contributed by atoms with E-state index in [1.807, 2.05) is 44.2 Å². The van der Waals surface area contributed by atoms with Gasteiger partial charge in [-0.3, -0.25) is 0 Å². The van der Waals surface area contributed by atoms with Crippen LogP contribution in [0.2, 0.25) is 0 Å². The van der Waals surface area contributed by atoms with Crippen LogP contribution < -0.4 is 0 Å². The van der Waals surface area contributed by atoms with Gasteiger partial charge in [0.1, 0.15) is 6.29 Å². The Hall–Kier alpha value is -1.63. The molecule has 0 N–H and O–H groups in total. The van der Waals surface area contributed by atoms with Crippen LogP contribution in [-0.4, -0.2) is 6.29 Å². The fraction of sp³-hybridized carbons (Fsp3) is 0.214. The first-order valence-electron chi connectivity index (χ1n) is 5.32. The topological polar surface area (TPSA) is 17.1 Å². The summed E-state index contributed by atoms with van der Waals surface area (Å²) in [6.07, 6.45) is 1.45. The molecule has 0 aliphatic carbocycles. The van der Waals surface area contributed by atoms with Gasteiger partial charge < -0.3 is 4.79 Å². The van der Waals surface area contributed by atoms with E-state index in [9.17, 15) is 4.79 Å². The summed E-state index contributed by atoms with van der Waals surface area (Å²) in [6, 6.07) is 14.2. The molecule has 2 aromatic carbocycles. The number of hydrogen-bond acceptors (Lipinski definition) is 1. The molecular formula is C14H16O. The van der Waals surface area contributed by atoms with Crippen molar-refractivity contribution in [3.8, 4) is 0 Å². The van der Waals surface area contributed by atoms with Crippen LogP contribution in [0.1, 0.15) is 19.4 Å². The molecule has 2 aromatic rings. The quantitative estimate of drug-likeness (QED) is 0.677. The van der Waals surface area contributed by atoms with Crippen LogP contribution in [0.5, 0.6) is 0 Å². The molecule has 0 aliphatic heterocycles. The van der Waals surface area contributed by atoms with Gasteiger partial charge in [-0.15, -0.1) is 0 Å². The lowest BCUT2D eigenvalue weighted by atomic mass is 10.0. The molecule has 15 heavy (non-hydrogen) atoms. The van der Waals surface area contributed by atoms with Crippen LogP contribution in [0.4, 0.5) is 0 Å². The Morgan fingerprint density at radius 1 is 1.00 bits per heavy atom. The highest BCUT2D eigenvalue weighted by molar-refractivity contribution is 5.87. The molecule has 0 fully saturated rings. The van der Waals surface area contributed by atoms with Crippen molar-refractivity contribution in [3.05, 3.63) is 48.0 Å². The molecule has 0 atom stereocenters. The molecule has 0 unspecified atom stereocenters. The fourth-order valence-corrected chi connectivity index (χ4v) is 1.56. The van der Waals surface area contributed by atoms with Gasteiger partial charge >= 0.3 is 0 Å². The van der Waals surface area contributed by atoms with Crippen molar-refractivity contribution in [1.82, 2.24) is 0 Å². The van der Waals surface area contributed by atoms with Crippen molar-refractivity contribution in [3.63, 3.8) is 0 Å². The van der Waals surface area contributed by atoms with E-state index in [4.69, 9.17) is 0 Å². The number of hydrogen-bond donors (Lipinski definition) is 0. The normalized spacial score (nSPS) is 9.20. The maximum absolute atomic E-state index is 10.4. The number of benzene rings is 2. The monoisotopic (exact) mass is 200 g/mol. The Balaban J connectivity index is 0.000000531. The summed E-state index contributed by atoms with van der Waals surface area (Å²) in [5.41, 5.74) is 1.10. The molecule has 0 bridgehead atoms. The molecule has 0 saturated heterocycles. The summed E-state index contributed by atoms with van der Waals surface area (Å²) < 4.78 is 0. The largest absolute Gasteiger partial charge is 0.303 e. The second-order valence-electron chi connectivity index (χ2n) is 3.01. The van der Waals surface area contributed by atoms with Gasteiger partial charge in [-0.05, 0) is 16.3 Å². The van der Waals surface area contributed by atoms with E-state index < -0.39 is 0 Å². The Morgan fingerprint density at radius 3 is 2.40 bits per heavy atom. The van der Waals surface area contributed by atoms with Crippen molar-refractivity contribution in [1.29, 1.82) is 0 Å². The molecular weight excluding hydrogens is 184 g/mol. The lowest BCUT2D eigenvalue weighted by Gasteiger charge is -2.01. The summed E-state index contributed by atoms with van der Waals surface area (Å²) in [5.74, 6) is 0. The zero-order chi connectivity index (χ0) is 11.1. The van der Waals surface area contributed by atoms with Crippen LogP contribution in [0.25, 0.3) is 10.8 Å². The predicted molar refractivity (Wildman–Crippen MR) is 65.1 cm³/mol. The molecule has 0 radical (unpaired) electrons. The van der Waals surface area contributed by atoms with Crippen molar-refractivity contribution < 1.29 is 4.79 Å². The maximum atomic E-state index is 10.4. The third-order valence-corrected chi connectivity index (χ3v) is 2.18. The standard InChI is InChI=1S/C12H10O.C2H6/c13-9-8-11-6-3-5-10-4-1-2-7-12(10)11;1-2/h1-7,9H,8H2;1-2H3. The van der Waals surface area contributed by atoms with Gasteiger partial charge in [-0.1, -0.05) is 56.3 Å². The van der Waals surface area contributed by atoms with Gasteiger partial charge in [0.2, 0.25) is 0 Å². The zero-order valence-electron chi connectivity index (χ0n) is 9.23. The Bertz CT molecular complexity index is 427. The van der Waals surface area contributed by atoms with Gasteiger partial charge in [-0.25, -0.2) is 0 Å². The van der Waals surface area contributed by atoms with Gasteiger partial charge in [0.15, 0.2) is 0 Å². The van der Waals surface area contributed by atoms with Crippen molar-refractivity contribution in [2.24, 2.45) is 0 Å². The molecule has 0 amide bonds. The van der Waals surface area contributed by atoms with Crippen LogP contribution >= 0.6 is 0 Å². The predicted octanol–water partition coefficient (Wildman–Crippen LogP) is 3.61. The first-order chi connectivity index (χ1) is 7.42. The van der Waals surface area contributed by atoms with Gasteiger partial charge in [0, 0.05) is 6.42 Å². The van der Waals surface area contributed by atoms with E-state index in [2.05, 4.69) is 12.1 Å². The Labute approximate surface area is 90.7 Å². The van der Waals surface area contributed by atoms with Gasteiger partial charge in [0.25, 0.3) is 0 Å². The molecule has 1 heteroatoms. The number of carbonyl (C=O) groups excluding carboxylic acids is 1. The number of fused-ring (bicyclic) bond motifs is 1. The Morgan fingerprint density at radius 2 is 1.67 bits per heavy atom. The summed E-state index contributed by atoms with van der Waals surface area (Å²) in [7, 11) is 0. The number of carbonyl (C=O) groups is 1. The van der Waals surface area contributed by atoms with E-state index in [0.29, 0.717) is 6.42 Å². The van der Waals surface area contributed by atoms with Crippen LogP contribution in [0.15, 0.2) is 42.5 Å². The first kappa shape index (κ1) is 11.4. The second kappa shape index (κ2) is 5.97. The van der Waals surface area contributed by atoms with Crippen LogP contribution in [0, 0.1) is 0 Å². The third-order valence-electron chi connectivity index (χ3n) is 2.18. The van der Waals surface area contributed by atoms with Crippen molar-refractivity contribution >= 4 is 17.1 Å². The van der Waals surface area contributed by atoms with Crippen molar-refractivity contribution in [2.45, 2.75) is 20.3 Å². The van der Waals surface area contributed by atoms with Crippen LogP contribution in [0.3, 0.4) is 0 Å². The summed E-state index contributed by atoms with van der Waals surface area (Å²) in [4.78, 5) is 10.4. The highest BCUT2D eigenvalue weighted by Crippen LogP contribution is 2.17. The number of aldehydes is 1. The molecule has 0 heterocycles. The lowest BCUT2D eigenvalue weighted by molar-refractivity contribution is -0.107. The highest BCUT2D eigenvalue weighted by atomic mass is 16.1. The third kappa shape index (κ3) is 2.66. The maximum Gasteiger partial charge on any atom is 0.124 e. The van der Waals surface area contributed by atoms with Gasteiger partial charge in [0.05, 0.1) is 0 Å². The van der Waals surface area contributed by atoms with E-state index in [-0.39, 0.29) is 0 Å². The molecule has 0 aliphatic rings. The zero-order valence-corrected chi connectivity index (χ0v) is 9.23. The minimum Gasteiger partial charge on any atom is -0.303 e.